The minimum Gasteiger partial charge on any atom is -0.495 e. The van der Waals surface area contributed by atoms with E-state index in [2.05, 4.69) is 0 Å². The average molecular weight is 566 g/mol. The fourth-order valence-electron chi connectivity index (χ4n) is 5.04. The van der Waals surface area contributed by atoms with Gasteiger partial charge in [-0.1, -0.05) is 30.7 Å². The molecular weight excluding hydrogens is 534 g/mol. The molecule has 0 saturated carbocycles. The highest BCUT2D eigenvalue weighted by Gasteiger charge is 2.29. The van der Waals surface area contributed by atoms with Gasteiger partial charge in [-0.3, -0.25) is 14.4 Å². The Morgan fingerprint density at radius 2 is 1.85 bits per heavy atom. The van der Waals surface area contributed by atoms with E-state index in [1.54, 1.807) is 37.3 Å². The molecule has 4 rings (SSSR count). The number of aromatic nitrogens is 1. The molecule has 2 atom stereocenters. The van der Waals surface area contributed by atoms with Gasteiger partial charge in [-0.05, 0) is 60.7 Å². The van der Waals surface area contributed by atoms with Gasteiger partial charge in [-0.15, -0.1) is 0 Å². The number of hydrogen-bond donors (Lipinski definition) is 1. The van der Waals surface area contributed by atoms with Crippen LogP contribution in [-0.2, 0) is 16.0 Å². The van der Waals surface area contributed by atoms with E-state index in [-0.39, 0.29) is 36.1 Å². The Hall–Kier alpha value is -3.75. The Morgan fingerprint density at radius 1 is 1.10 bits per heavy atom. The number of carboxylic acids is 1. The van der Waals surface area contributed by atoms with Crippen molar-refractivity contribution >= 4 is 29.1 Å². The van der Waals surface area contributed by atoms with Crippen LogP contribution in [0.3, 0.4) is 0 Å². The van der Waals surface area contributed by atoms with Crippen LogP contribution in [0.1, 0.15) is 71.3 Å². The number of rotatable bonds is 11. The smallest absolute Gasteiger partial charge is 0.335 e. The Balaban J connectivity index is 1.75. The normalized spacial score (nSPS) is 15.8. The molecule has 0 amide bonds. The van der Waals surface area contributed by atoms with Crippen molar-refractivity contribution in [3.05, 3.63) is 86.8 Å². The van der Waals surface area contributed by atoms with Gasteiger partial charge in [-0.2, -0.15) is 0 Å². The maximum absolute atomic E-state index is 13.7. The third-order valence-electron chi connectivity index (χ3n) is 7.20. The second kappa shape index (κ2) is 13.1. The molecule has 0 radical (unpaired) electrons. The van der Waals surface area contributed by atoms with E-state index in [1.807, 2.05) is 0 Å². The van der Waals surface area contributed by atoms with E-state index in [9.17, 15) is 24.3 Å². The summed E-state index contributed by atoms with van der Waals surface area (Å²) in [5.74, 6) is -1.04. The predicted molar refractivity (Wildman–Crippen MR) is 152 cm³/mol. The quantitative estimate of drug-likeness (QED) is 0.293. The minimum absolute atomic E-state index is 0.0111. The van der Waals surface area contributed by atoms with Gasteiger partial charge in [0, 0.05) is 48.1 Å². The van der Waals surface area contributed by atoms with Crippen molar-refractivity contribution in [2.75, 3.05) is 13.7 Å². The van der Waals surface area contributed by atoms with Gasteiger partial charge < -0.3 is 19.1 Å². The van der Waals surface area contributed by atoms with Gasteiger partial charge in [0.05, 0.1) is 31.0 Å². The largest absolute Gasteiger partial charge is 0.495 e. The maximum atomic E-state index is 13.7. The second-order valence-electron chi connectivity index (χ2n) is 9.85. The van der Waals surface area contributed by atoms with Crippen LogP contribution < -0.4 is 10.3 Å². The highest BCUT2D eigenvalue weighted by atomic mass is 35.5. The van der Waals surface area contributed by atoms with E-state index in [1.165, 1.54) is 36.1 Å². The lowest BCUT2D eigenvalue weighted by molar-refractivity contribution is -0.123. The number of ketones is 2. The monoisotopic (exact) mass is 565 g/mol. The van der Waals surface area contributed by atoms with E-state index in [0.717, 1.165) is 19.3 Å². The summed E-state index contributed by atoms with van der Waals surface area (Å²) in [6.07, 6.45) is 4.64. The lowest BCUT2D eigenvalue weighted by atomic mass is 9.94. The number of halogens is 1. The topological polar surface area (TPSA) is 112 Å². The number of carbonyl (C=O) groups excluding carboxylic acids is 2. The third kappa shape index (κ3) is 6.69. The second-order valence-corrected chi connectivity index (χ2v) is 10.3. The third-order valence-corrected chi connectivity index (χ3v) is 7.44. The molecule has 9 heteroatoms. The summed E-state index contributed by atoms with van der Waals surface area (Å²) in [6.45, 7) is 2.36. The maximum Gasteiger partial charge on any atom is 0.335 e. The summed E-state index contributed by atoms with van der Waals surface area (Å²) in [5, 5.41) is 9.59. The number of benzene rings is 2. The number of carbonyl (C=O) groups is 3. The summed E-state index contributed by atoms with van der Waals surface area (Å²) >= 11 is 6.26. The van der Waals surface area contributed by atoms with Crippen LogP contribution in [0.2, 0.25) is 5.02 Å². The number of methoxy groups -OCH3 is 1. The zero-order chi connectivity index (χ0) is 28.8. The van der Waals surface area contributed by atoms with Crippen molar-refractivity contribution in [2.45, 2.75) is 57.6 Å². The molecular formula is C31H32ClNO7. The van der Waals surface area contributed by atoms with Crippen LogP contribution in [-0.4, -0.2) is 47.0 Å². The van der Waals surface area contributed by atoms with Crippen LogP contribution in [0.4, 0.5) is 0 Å². The Labute approximate surface area is 237 Å². The van der Waals surface area contributed by atoms with E-state index in [0.29, 0.717) is 46.1 Å². The van der Waals surface area contributed by atoms with Gasteiger partial charge in [0.15, 0.2) is 11.6 Å². The number of carboxylic acid groups (broad SMARTS) is 1. The zero-order valence-electron chi connectivity index (χ0n) is 22.5. The molecule has 1 N–H and O–H groups in total. The molecule has 0 spiro atoms. The van der Waals surface area contributed by atoms with Crippen molar-refractivity contribution in [1.29, 1.82) is 0 Å². The SMILES string of the molecule is CCC(=O)c1ccc(Cl)cc1-c1cc(=O)n(C(CC2CCCCO2)C(=O)Cc2ccc(C(=O)O)cc2)cc1OC. The average Bonchev–Trinajstić information content (AvgIpc) is 2.96. The van der Waals surface area contributed by atoms with Crippen molar-refractivity contribution in [2.24, 2.45) is 0 Å². The molecule has 1 saturated heterocycles. The molecule has 210 valence electrons. The van der Waals surface area contributed by atoms with Crippen molar-refractivity contribution in [3.63, 3.8) is 0 Å². The minimum atomic E-state index is -1.05. The van der Waals surface area contributed by atoms with Gasteiger partial charge >= 0.3 is 5.97 Å². The van der Waals surface area contributed by atoms with E-state index < -0.39 is 17.6 Å². The zero-order valence-corrected chi connectivity index (χ0v) is 23.3. The molecule has 40 heavy (non-hydrogen) atoms. The Kier molecular flexibility index (Phi) is 9.55. The summed E-state index contributed by atoms with van der Waals surface area (Å²) in [7, 11) is 1.46. The molecule has 0 bridgehead atoms. The summed E-state index contributed by atoms with van der Waals surface area (Å²) in [6, 6.07) is 11.5. The number of Topliss-reactive ketones (excluding diaryl/α,β-unsaturated/α-hetero) is 2. The van der Waals surface area contributed by atoms with Crippen LogP contribution in [0.15, 0.2) is 59.5 Å². The first-order chi connectivity index (χ1) is 19.2. The fourth-order valence-corrected chi connectivity index (χ4v) is 5.22. The molecule has 1 fully saturated rings. The standard InChI is InChI=1S/C31H32ClNO7/c1-3-27(34)23-12-11-21(32)15-24(23)25-17-30(36)33(18-29(25)39-2)26(16-22-6-4-5-13-40-22)28(35)14-19-7-9-20(10-8-19)31(37)38/h7-12,15,17-18,22,26H,3-6,13-14,16H2,1-2H3,(H,37,38). The van der Waals surface area contributed by atoms with Gasteiger partial charge in [-0.25, -0.2) is 4.79 Å². The van der Waals surface area contributed by atoms with Gasteiger partial charge in [0.1, 0.15) is 5.75 Å². The lowest BCUT2D eigenvalue weighted by Gasteiger charge is -2.28. The molecule has 8 nitrogen and oxygen atoms in total. The predicted octanol–water partition coefficient (Wildman–Crippen LogP) is 5.78. The van der Waals surface area contributed by atoms with Crippen LogP contribution in [0.5, 0.6) is 5.75 Å². The number of nitrogens with zero attached hydrogens (tertiary/aromatic N) is 1. The van der Waals surface area contributed by atoms with E-state index >= 15 is 0 Å². The molecule has 2 heterocycles. The molecule has 1 aliphatic rings. The van der Waals surface area contributed by atoms with Crippen LogP contribution >= 0.6 is 11.6 Å². The summed E-state index contributed by atoms with van der Waals surface area (Å²) in [4.78, 5) is 51.2. The Bertz CT molecular complexity index is 1460. The number of aromatic carboxylic acids is 1. The lowest BCUT2D eigenvalue weighted by Crippen LogP contribution is -2.34. The Morgan fingerprint density at radius 3 is 2.48 bits per heavy atom. The van der Waals surface area contributed by atoms with Crippen molar-refractivity contribution < 1.29 is 29.0 Å². The van der Waals surface area contributed by atoms with Crippen molar-refractivity contribution in [3.8, 4) is 16.9 Å². The summed E-state index contributed by atoms with van der Waals surface area (Å²) in [5.41, 5.74) is 1.66. The van der Waals surface area contributed by atoms with Crippen LogP contribution in [0.25, 0.3) is 11.1 Å². The molecule has 2 aromatic carbocycles. The van der Waals surface area contributed by atoms with Gasteiger partial charge in [0.2, 0.25) is 0 Å². The fraction of sp³-hybridized carbons (Fsp3) is 0.355. The molecule has 2 unspecified atom stereocenters. The molecule has 1 aromatic heterocycles. The van der Waals surface area contributed by atoms with Crippen LogP contribution in [0, 0.1) is 0 Å². The van der Waals surface area contributed by atoms with Gasteiger partial charge in [0.25, 0.3) is 5.56 Å². The van der Waals surface area contributed by atoms with E-state index in [4.69, 9.17) is 21.1 Å². The first-order valence-electron chi connectivity index (χ1n) is 13.3. The number of hydrogen-bond acceptors (Lipinski definition) is 6. The highest BCUT2D eigenvalue weighted by molar-refractivity contribution is 6.31. The number of pyridine rings is 1. The molecule has 1 aliphatic heterocycles. The summed E-state index contributed by atoms with van der Waals surface area (Å²) < 4.78 is 13.0. The molecule has 0 aliphatic carbocycles. The highest BCUT2D eigenvalue weighted by Crippen LogP contribution is 2.35. The first kappa shape index (κ1) is 29.2. The molecule has 3 aromatic rings. The number of ether oxygens (including phenoxy) is 2. The first-order valence-corrected chi connectivity index (χ1v) is 13.7. The van der Waals surface area contributed by atoms with Crippen molar-refractivity contribution in [1.82, 2.24) is 4.57 Å².